The Morgan fingerprint density at radius 1 is 1.56 bits per heavy atom. The van der Waals surface area contributed by atoms with E-state index in [2.05, 4.69) is 21.2 Å². The highest BCUT2D eigenvalue weighted by molar-refractivity contribution is 9.10. The predicted molar refractivity (Wildman–Crippen MR) is 76.5 cm³/mol. The number of amides is 1. The molecule has 1 saturated heterocycles. The Morgan fingerprint density at radius 3 is 3.11 bits per heavy atom. The summed E-state index contributed by atoms with van der Waals surface area (Å²) in [5, 5.41) is 3.26. The molecule has 18 heavy (non-hydrogen) atoms. The Labute approximate surface area is 117 Å². The molecule has 1 aromatic rings. The predicted octanol–water partition coefficient (Wildman–Crippen LogP) is 2.20. The minimum atomic E-state index is 0.230. The van der Waals surface area contributed by atoms with Crippen molar-refractivity contribution >= 4 is 21.8 Å². The summed E-state index contributed by atoms with van der Waals surface area (Å²) in [5.74, 6) is 0.230. The van der Waals surface area contributed by atoms with Crippen molar-refractivity contribution in [3.63, 3.8) is 0 Å². The highest BCUT2D eigenvalue weighted by atomic mass is 79.9. The standard InChI is InChI=1S/C14H19BrN2O/c1-16-13-6-3-7-17(10-13)14(18)9-11-4-2-5-12(15)8-11/h2,4-5,8,13,16H,3,6-7,9-10H2,1H3/t13-/m1/s1. The molecule has 1 heterocycles. The first-order chi connectivity index (χ1) is 8.69. The van der Waals surface area contributed by atoms with E-state index in [4.69, 9.17) is 0 Å². The van der Waals surface area contributed by atoms with Crippen LogP contribution in [-0.4, -0.2) is 37.0 Å². The maximum Gasteiger partial charge on any atom is 0.227 e. The van der Waals surface area contributed by atoms with Gasteiger partial charge < -0.3 is 10.2 Å². The van der Waals surface area contributed by atoms with E-state index in [-0.39, 0.29) is 5.91 Å². The zero-order valence-corrected chi connectivity index (χ0v) is 12.2. The molecule has 98 valence electrons. The fourth-order valence-corrected chi connectivity index (χ4v) is 2.82. The molecule has 3 nitrogen and oxygen atoms in total. The summed E-state index contributed by atoms with van der Waals surface area (Å²) < 4.78 is 1.03. The first kappa shape index (κ1) is 13.6. The van der Waals surface area contributed by atoms with Crippen LogP contribution in [0.4, 0.5) is 0 Å². The second-order valence-corrected chi connectivity index (χ2v) is 5.69. The average Bonchev–Trinajstić information content (AvgIpc) is 2.39. The summed E-state index contributed by atoms with van der Waals surface area (Å²) in [5.41, 5.74) is 1.07. The topological polar surface area (TPSA) is 32.3 Å². The third-order valence-electron chi connectivity index (χ3n) is 3.43. The van der Waals surface area contributed by atoms with Crippen LogP contribution in [-0.2, 0) is 11.2 Å². The fraction of sp³-hybridized carbons (Fsp3) is 0.500. The number of likely N-dealkylation sites (N-methyl/N-ethyl adjacent to an activating group) is 1. The second kappa shape index (κ2) is 6.34. The van der Waals surface area contributed by atoms with Gasteiger partial charge in [-0.05, 0) is 37.6 Å². The van der Waals surface area contributed by atoms with E-state index in [0.717, 1.165) is 36.0 Å². The number of piperidine rings is 1. The number of carbonyl (C=O) groups is 1. The molecule has 1 amide bonds. The summed E-state index contributed by atoms with van der Waals surface area (Å²) in [6, 6.07) is 8.41. The quantitative estimate of drug-likeness (QED) is 0.928. The van der Waals surface area contributed by atoms with Gasteiger partial charge in [-0.3, -0.25) is 4.79 Å². The van der Waals surface area contributed by atoms with E-state index >= 15 is 0 Å². The molecular weight excluding hydrogens is 292 g/mol. The molecule has 1 aliphatic rings. The van der Waals surface area contributed by atoms with Gasteiger partial charge in [-0.2, -0.15) is 0 Å². The smallest absolute Gasteiger partial charge is 0.227 e. The average molecular weight is 311 g/mol. The van der Waals surface area contributed by atoms with Crippen LogP contribution in [0.15, 0.2) is 28.7 Å². The van der Waals surface area contributed by atoms with Crippen LogP contribution in [0.1, 0.15) is 18.4 Å². The number of likely N-dealkylation sites (tertiary alicyclic amines) is 1. The van der Waals surface area contributed by atoms with Crippen LogP contribution in [0.25, 0.3) is 0 Å². The molecule has 0 radical (unpaired) electrons. The van der Waals surface area contributed by atoms with Crippen molar-refractivity contribution in [1.29, 1.82) is 0 Å². The van der Waals surface area contributed by atoms with Crippen LogP contribution in [0.5, 0.6) is 0 Å². The van der Waals surface area contributed by atoms with Gasteiger partial charge in [0.05, 0.1) is 6.42 Å². The van der Waals surface area contributed by atoms with E-state index in [9.17, 15) is 4.79 Å². The van der Waals surface area contributed by atoms with Gasteiger partial charge in [0, 0.05) is 23.6 Å². The number of halogens is 1. The maximum absolute atomic E-state index is 12.2. The Kier molecular flexibility index (Phi) is 4.78. The molecule has 0 saturated carbocycles. The van der Waals surface area contributed by atoms with E-state index < -0.39 is 0 Å². The molecule has 0 aromatic heterocycles. The lowest BCUT2D eigenvalue weighted by atomic mass is 10.0. The largest absolute Gasteiger partial charge is 0.341 e. The highest BCUT2D eigenvalue weighted by Crippen LogP contribution is 2.15. The molecule has 1 N–H and O–H groups in total. The van der Waals surface area contributed by atoms with Crippen LogP contribution in [0.3, 0.4) is 0 Å². The molecule has 0 aliphatic carbocycles. The Hall–Kier alpha value is -0.870. The van der Waals surface area contributed by atoms with Gasteiger partial charge >= 0.3 is 0 Å². The highest BCUT2D eigenvalue weighted by Gasteiger charge is 2.22. The molecule has 1 aliphatic heterocycles. The van der Waals surface area contributed by atoms with E-state index in [0.29, 0.717) is 12.5 Å². The first-order valence-electron chi connectivity index (χ1n) is 6.38. The molecular formula is C14H19BrN2O. The van der Waals surface area contributed by atoms with Crippen LogP contribution in [0, 0.1) is 0 Å². The minimum Gasteiger partial charge on any atom is -0.341 e. The van der Waals surface area contributed by atoms with Crippen molar-refractivity contribution in [1.82, 2.24) is 10.2 Å². The lowest BCUT2D eigenvalue weighted by molar-refractivity contribution is -0.131. The molecule has 1 fully saturated rings. The zero-order valence-electron chi connectivity index (χ0n) is 10.7. The molecule has 4 heteroatoms. The number of nitrogens with one attached hydrogen (secondary N) is 1. The normalized spacial score (nSPS) is 19.9. The molecule has 1 aromatic carbocycles. The number of hydrogen-bond donors (Lipinski definition) is 1. The number of benzene rings is 1. The Morgan fingerprint density at radius 2 is 2.39 bits per heavy atom. The molecule has 0 unspecified atom stereocenters. The molecule has 2 rings (SSSR count). The maximum atomic E-state index is 12.2. The first-order valence-corrected chi connectivity index (χ1v) is 7.18. The van der Waals surface area contributed by atoms with Crippen LogP contribution in [0.2, 0.25) is 0 Å². The lowest BCUT2D eigenvalue weighted by Crippen LogP contribution is -2.47. The van der Waals surface area contributed by atoms with Crippen molar-refractivity contribution in [2.45, 2.75) is 25.3 Å². The monoisotopic (exact) mass is 310 g/mol. The van der Waals surface area contributed by atoms with Gasteiger partial charge in [0.2, 0.25) is 5.91 Å². The van der Waals surface area contributed by atoms with Crippen LogP contribution < -0.4 is 5.32 Å². The third kappa shape index (κ3) is 3.56. The summed E-state index contributed by atoms with van der Waals surface area (Å²) in [4.78, 5) is 14.2. The molecule has 0 spiro atoms. The summed E-state index contributed by atoms with van der Waals surface area (Å²) >= 11 is 3.43. The fourth-order valence-electron chi connectivity index (χ4n) is 2.37. The summed E-state index contributed by atoms with van der Waals surface area (Å²) in [6.45, 7) is 1.73. The van der Waals surface area contributed by atoms with Crippen molar-refractivity contribution in [2.75, 3.05) is 20.1 Å². The Bertz CT molecular complexity index is 422. The second-order valence-electron chi connectivity index (χ2n) is 4.77. The van der Waals surface area contributed by atoms with E-state index in [1.807, 2.05) is 36.2 Å². The van der Waals surface area contributed by atoms with Crippen molar-refractivity contribution in [2.24, 2.45) is 0 Å². The number of carbonyl (C=O) groups excluding carboxylic acids is 1. The van der Waals surface area contributed by atoms with E-state index in [1.54, 1.807) is 0 Å². The van der Waals surface area contributed by atoms with Gasteiger partial charge in [-0.15, -0.1) is 0 Å². The number of rotatable bonds is 3. The van der Waals surface area contributed by atoms with Gasteiger partial charge in [-0.1, -0.05) is 28.1 Å². The SMILES string of the molecule is CN[C@@H]1CCCN(C(=O)Cc2cccc(Br)c2)C1. The van der Waals surface area contributed by atoms with Crippen molar-refractivity contribution in [3.8, 4) is 0 Å². The zero-order chi connectivity index (χ0) is 13.0. The number of nitrogens with zero attached hydrogens (tertiary/aromatic N) is 1. The third-order valence-corrected chi connectivity index (χ3v) is 3.92. The summed E-state index contributed by atoms with van der Waals surface area (Å²) in [6.07, 6.45) is 2.75. The molecule has 1 atom stereocenters. The minimum absolute atomic E-state index is 0.230. The number of hydrogen-bond acceptors (Lipinski definition) is 2. The molecule has 0 bridgehead atoms. The van der Waals surface area contributed by atoms with Gasteiger partial charge in [0.15, 0.2) is 0 Å². The van der Waals surface area contributed by atoms with Crippen molar-refractivity contribution in [3.05, 3.63) is 34.3 Å². The summed E-state index contributed by atoms with van der Waals surface area (Å²) in [7, 11) is 1.97. The van der Waals surface area contributed by atoms with Gasteiger partial charge in [-0.25, -0.2) is 0 Å². The van der Waals surface area contributed by atoms with Gasteiger partial charge in [0.25, 0.3) is 0 Å². The van der Waals surface area contributed by atoms with Crippen LogP contribution >= 0.6 is 15.9 Å². The van der Waals surface area contributed by atoms with E-state index in [1.165, 1.54) is 0 Å². The lowest BCUT2D eigenvalue weighted by Gasteiger charge is -2.32. The van der Waals surface area contributed by atoms with Gasteiger partial charge in [0.1, 0.15) is 0 Å². The van der Waals surface area contributed by atoms with Crippen molar-refractivity contribution < 1.29 is 4.79 Å². The Balaban J connectivity index is 1.95.